The van der Waals surface area contributed by atoms with E-state index < -0.39 is 10.9 Å². The molecule has 0 saturated heterocycles. The number of nitrogens with zero attached hydrogens (tertiary/aromatic N) is 1. The van der Waals surface area contributed by atoms with Crippen LogP contribution in [0.2, 0.25) is 0 Å². The molecule has 0 aliphatic rings. The highest BCUT2D eigenvalue weighted by atomic mass is 79.9. The van der Waals surface area contributed by atoms with Crippen LogP contribution in [0.25, 0.3) is 0 Å². The molecule has 5 nitrogen and oxygen atoms in total. The van der Waals surface area contributed by atoms with Crippen LogP contribution in [-0.4, -0.2) is 10.9 Å². The minimum atomic E-state index is -0.587. The van der Waals surface area contributed by atoms with Crippen molar-refractivity contribution in [1.82, 2.24) is 0 Å². The zero-order valence-corrected chi connectivity index (χ0v) is 9.48. The number of benzene rings is 1. The Balaban J connectivity index is 3.16. The van der Waals surface area contributed by atoms with Crippen LogP contribution in [-0.2, 0) is 10.1 Å². The van der Waals surface area contributed by atoms with E-state index in [2.05, 4.69) is 15.9 Å². The second kappa shape index (κ2) is 4.88. The van der Waals surface area contributed by atoms with Crippen molar-refractivity contribution in [2.45, 2.75) is 12.3 Å². The molecule has 0 aliphatic carbocycles. The molecule has 0 aromatic heterocycles. The molecular weight excluding hydrogens is 266 g/mol. The first-order valence-corrected chi connectivity index (χ1v) is 5.18. The molecule has 1 rings (SSSR count). The molecule has 0 spiro atoms. The van der Waals surface area contributed by atoms with Crippen LogP contribution in [0.3, 0.4) is 0 Å². The van der Waals surface area contributed by atoms with Crippen molar-refractivity contribution in [2.24, 2.45) is 0 Å². The molecule has 80 valence electrons. The lowest BCUT2D eigenvalue weighted by Crippen LogP contribution is -2.04. The topological polar surface area (TPSA) is 69.4 Å². The molecule has 0 N–H and O–H groups in total. The number of hydrogen-bond acceptors (Lipinski definition) is 4. The molecule has 15 heavy (non-hydrogen) atoms. The summed E-state index contributed by atoms with van der Waals surface area (Å²) in [7, 11) is 0. The van der Waals surface area contributed by atoms with Gasteiger partial charge in [0, 0.05) is 18.3 Å². The minimum Gasteiger partial charge on any atom is -0.419 e. The average molecular weight is 274 g/mol. The summed E-state index contributed by atoms with van der Waals surface area (Å²) in [5.41, 5.74) is 0.590. The predicted octanol–water partition coefficient (Wildman–Crippen LogP) is 2.42. The van der Waals surface area contributed by atoms with Crippen LogP contribution in [0.5, 0.6) is 5.75 Å². The Morgan fingerprint density at radius 1 is 1.60 bits per heavy atom. The van der Waals surface area contributed by atoms with E-state index in [1.807, 2.05) is 0 Å². The summed E-state index contributed by atoms with van der Waals surface area (Å²) < 4.78 is 4.75. The number of nitro groups is 1. The van der Waals surface area contributed by atoms with Gasteiger partial charge in [0.15, 0.2) is 0 Å². The summed E-state index contributed by atoms with van der Waals surface area (Å²) >= 11 is 3.21. The van der Waals surface area contributed by atoms with Gasteiger partial charge in [-0.05, 0) is 11.6 Å². The first-order chi connectivity index (χ1) is 7.04. The molecular formula is C9H8BrNO4. The quantitative estimate of drug-likeness (QED) is 0.279. The van der Waals surface area contributed by atoms with Gasteiger partial charge in [0.05, 0.1) is 4.92 Å². The van der Waals surface area contributed by atoms with Gasteiger partial charge in [-0.3, -0.25) is 14.9 Å². The van der Waals surface area contributed by atoms with E-state index in [1.165, 1.54) is 19.1 Å². The van der Waals surface area contributed by atoms with Crippen LogP contribution in [0.4, 0.5) is 5.69 Å². The molecule has 0 atom stereocenters. The number of rotatable bonds is 3. The van der Waals surface area contributed by atoms with Crippen molar-refractivity contribution in [2.75, 3.05) is 0 Å². The Kier molecular flexibility index (Phi) is 3.79. The van der Waals surface area contributed by atoms with E-state index in [9.17, 15) is 14.9 Å². The number of carbonyl (C=O) groups excluding carboxylic acids is 1. The van der Waals surface area contributed by atoms with E-state index in [-0.39, 0.29) is 11.4 Å². The van der Waals surface area contributed by atoms with E-state index >= 15 is 0 Å². The van der Waals surface area contributed by atoms with Gasteiger partial charge in [0.2, 0.25) is 5.75 Å². The fraction of sp³-hybridized carbons (Fsp3) is 0.222. The third-order valence-electron chi connectivity index (χ3n) is 1.63. The highest BCUT2D eigenvalue weighted by Gasteiger charge is 2.16. The molecule has 1 aromatic carbocycles. The smallest absolute Gasteiger partial charge is 0.311 e. The largest absolute Gasteiger partial charge is 0.419 e. The number of alkyl halides is 1. The fourth-order valence-electron chi connectivity index (χ4n) is 1.03. The van der Waals surface area contributed by atoms with E-state index in [0.29, 0.717) is 5.33 Å². The molecule has 0 bridgehead atoms. The normalized spacial score (nSPS) is 9.73. The van der Waals surface area contributed by atoms with Crippen molar-refractivity contribution < 1.29 is 14.5 Å². The molecule has 0 fully saturated rings. The Labute approximate surface area is 94.3 Å². The summed E-state index contributed by atoms with van der Waals surface area (Å²) in [5, 5.41) is 11.1. The summed E-state index contributed by atoms with van der Waals surface area (Å²) in [6, 6.07) is 4.38. The van der Waals surface area contributed by atoms with Gasteiger partial charge in [0.25, 0.3) is 0 Å². The molecule has 0 heterocycles. The van der Waals surface area contributed by atoms with Crippen LogP contribution in [0, 0.1) is 10.1 Å². The molecule has 0 amide bonds. The number of carbonyl (C=O) groups is 1. The van der Waals surface area contributed by atoms with Crippen molar-refractivity contribution in [1.29, 1.82) is 0 Å². The lowest BCUT2D eigenvalue weighted by molar-refractivity contribution is -0.385. The number of hydrogen-bond donors (Lipinski definition) is 0. The third-order valence-corrected chi connectivity index (χ3v) is 2.28. The zero-order valence-electron chi connectivity index (χ0n) is 7.90. The Hall–Kier alpha value is -1.43. The van der Waals surface area contributed by atoms with Gasteiger partial charge < -0.3 is 4.74 Å². The molecule has 6 heteroatoms. The Bertz CT molecular complexity index is 405. The lowest BCUT2D eigenvalue weighted by atomic mass is 10.2. The van der Waals surface area contributed by atoms with Gasteiger partial charge in [-0.1, -0.05) is 22.0 Å². The molecule has 0 radical (unpaired) electrons. The first kappa shape index (κ1) is 11.6. The zero-order chi connectivity index (χ0) is 11.4. The SMILES string of the molecule is CC(=O)Oc1cc(CBr)ccc1[N+](=O)[O-]. The molecule has 0 unspecified atom stereocenters. The Morgan fingerprint density at radius 2 is 2.27 bits per heavy atom. The summed E-state index contributed by atoms with van der Waals surface area (Å²) in [5.74, 6) is -0.603. The maximum atomic E-state index is 10.7. The maximum absolute atomic E-state index is 10.7. The summed E-state index contributed by atoms with van der Waals surface area (Å²) in [6.07, 6.45) is 0. The summed E-state index contributed by atoms with van der Waals surface area (Å²) in [4.78, 5) is 20.7. The average Bonchev–Trinajstić information content (AvgIpc) is 2.16. The van der Waals surface area contributed by atoms with Crippen LogP contribution in [0.1, 0.15) is 12.5 Å². The predicted molar refractivity (Wildman–Crippen MR) is 57.0 cm³/mol. The number of ether oxygens (including phenoxy) is 1. The molecule has 0 saturated carbocycles. The van der Waals surface area contributed by atoms with Crippen molar-refractivity contribution >= 4 is 27.6 Å². The molecule has 0 aliphatic heterocycles. The third kappa shape index (κ3) is 3.02. The first-order valence-electron chi connectivity index (χ1n) is 4.06. The number of esters is 1. The van der Waals surface area contributed by atoms with Gasteiger partial charge >= 0.3 is 11.7 Å². The van der Waals surface area contributed by atoms with Crippen molar-refractivity contribution in [3.63, 3.8) is 0 Å². The van der Waals surface area contributed by atoms with Gasteiger partial charge in [-0.15, -0.1) is 0 Å². The van der Waals surface area contributed by atoms with Gasteiger partial charge in [0.1, 0.15) is 0 Å². The van der Waals surface area contributed by atoms with E-state index in [1.54, 1.807) is 6.07 Å². The second-order valence-electron chi connectivity index (χ2n) is 2.79. The highest BCUT2D eigenvalue weighted by molar-refractivity contribution is 9.08. The minimum absolute atomic E-state index is 0.0237. The van der Waals surface area contributed by atoms with E-state index in [0.717, 1.165) is 5.56 Å². The number of nitro benzene ring substituents is 1. The van der Waals surface area contributed by atoms with Crippen molar-refractivity contribution in [3.8, 4) is 5.75 Å². The second-order valence-corrected chi connectivity index (χ2v) is 3.35. The van der Waals surface area contributed by atoms with E-state index in [4.69, 9.17) is 4.74 Å². The highest BCUT2D eigenvalue weighted by Crippen LogP contribution is 2.28. The van der Waals surface area contributed by atoms with Gasteiger partial charge in [-0.25, -0.2) is 0 Å². The van der Waals surface area contributed by atoms with Gasteiger partial charge in [-0.2, -0.15) is 0 Å². The maximum Gasteiger partial charge on any atom is 0.311 e. The molecule has 1 aromatic rings. The number of halogens is 1. The van der Waals surface area contributed by atoms with Crippen LogP contribution < -0.4 is 4.74 Å². The standard InChI is InChI=1S/C9H8BrNO4/c1-6(12)15-9-4-7(5-10)2-3-8(9)11(13)14/h2-4H,5H2,1H3. The summed E-state index contributed by atoms with van der Waals surface area (Å²) in [6.45, 7) is 1.20. The Morgan fingerprint density at radius 3 is 2.73 bits per heavy atom. The van der Waals surface area contributed by atoms with Crippen LogP contribution >= 0.6 is 15.9 Å². The monoisotopic (exact) mass is 273 g/mol. The fourth-order valence-corrected chi connectivity index (χ4v) is 1.38. The van der Waals surface area contributed by atoms with Crippen LogP contribution in [0.15, 0.2) is 18.2 Å². The lowest BCUT2D eigenvalue weighted by Gasteiger charge is -2.03. The van der Waals surface area contributed by atoms with Crippen molar-refractivity contribution in [3.05, 3.63) is 33.9 Å².